The topological polar surface area (TPSA) is 51.6 Å². The normalized spacial score (nSPS) is 43.5. The summed E-state index contributed by atoms with van der Waals surface area (Å²) < 4.78 is 2.42. The number of fused-ring (bicyclic) bond motifs is 3. The van der Waals surface area contributed by atoms with Crippen molar-refractivity contribution in [3.63, 3.8) is 0 Å². The van der Waals surface area contributed by atoms with Crippen molar-refractivity contribution in [2.75, 3.05) is 52.9 Å². The highest BCUT2D eigenvalue weighted by molar-refractivity contribution is 5.74. The molecule has 0 atom stereocenters. The van der Waals surface area contributed by atoms with Gasteiger partial charge in [-0.2, -0.15) is 0 Å². The Morgan fingerprint density at radius 3 is 2.00 bits per heavy atom. The van der Waals surface area contributed by atoms with Crippen LogP contribution in [0.1, 0.15) is 0 Å². The summed E-state index contributed by atoms with van der Waals surface area (Å²) >= 11 is 0. The van der Waals surface area contributed by atoms with Crippen molar-refractivity contribution in [1.29, 1.82) is 0 Å². The van der Waals surface area contributed by atoms with Gasteiger partial charge in [-0.3, -0.25) is 15.6 Å². The van der Waals surface area contributed by atoms with E-state index in [4.69, 9.17) is 11.1 Å². The van der Waals surface area contributed by atoms with Crippen molar-refractivity contribution < 1.29 is 14.4 Å². The van der Waals surface area contributed by atoms with E-state index < -0.39 is 0 Å². The third kappa shape index (κ3) is 1.56. The lowest BCUT2D eigenvalue weighted by Crippen LogP contribution is -2.75. The first kappa shape index (κ1) is 8.97. The molecule has 0 saturated carbocycles. The standard InChI is InChI=1S/C9H20N4/c1-12-2-5-13(6-3-12,7-4-12)8-9(10)11/h2-8H2,1H3,(H3,10,11)/q+2/p+1. The Morgan fingerprint density at radius 2 is 1.62 bits per heavy atom. The molecule has 0 aromatic rings. The second kappa shape index (κ2) is 2.69. The van der Waals surface area contributed by atoms with Crippen LogP contribution in [0.15, 0.2) is 0 Å². The summed E-state index contributed by atoms with van der Waals surface area (Å²) in [6.45, 7) is 8.56. The number of likely N-dealkylation sites (N-methyl/N-ethyl adjacent to an activating group) is 1. The van der Waals surface area contributed by atoms with Crippen molar-refractivity contribution in [2.45, 2.75) is 0 Å². The van der Waals surface area contributed by atoms with Crippen LogP contribution < -0.4 is 11.1 Å². The Balaban J connectivity index is 2.07. The number of quaternary nitrogens is 2. The minimum Gasteiger partial charge on any atom is -0.312 e. The highest BCUT2D eigenvalue weighted by Gasteiger charge is 2.47. The van der Waals surface area contributed by atoms with E-state index in [0.717, 1.165) is 11.0 Å². The van der Waals surface area contributed by atoms with E-state index in [9.17, 15) is 0 Å². The molecule has 0 unspecified atom stereocenters. The molecule has 13 heavy (non-hydrogen) atoms. The van der Waals surface area contributed by atoms with Gasteiger partial charge in [-0.05, 0) is 0 Å². The average molecular weight is 185 g/mol. The van der Waals surface area contributed by atoms with Crippen LogP contribution in [-0.4, -0.2) is 67.7 Å². The van der Waals surface area contributed by atoms with Gasteiger partial charge in [0, 0.05) is 0 Å². The minimum atomic E-state index is 0.609. The molecule has 0 aromatic carbocycles. The Bertz CT molecular complexity index is 211. The van der Waals surface area contributed by atoms with E-state index >= 15 is 0 Å². The first-order valence-electron chi connectivity index (χ1n) is 5.09. The molecule has 3 aliphatic heterocycles. The number of nitrogens with zero attached hydrogens (tertiary/aromatic N) is 2. The van der Waals surface area contributed by atoms with Crippen LogP contribution in [0.4, 0.5) is 0 Å². The number of piperazine rings is 3. The molecule has 2 bridgehead atoms. The van der Waals surface area contributed by atoms with Crippen LogP contribution in [0, 0.1) is 0 Å². The van der Waals surface area contributed by atoms with Gasteiger partial charge in [0.1, 0.15) is 39.3 Å². The molecule has 4 heteroatoms. The van der Waals surface area contributed by atoms with Gasteiger partial charge in [-0.1, -0.05) is 0 Å². The maximum Gasteiger partial charge on any atom is 0.294 e. The van der Waals surface area contributed by atoms with Crippen molar-refractivity contribution in [1.82, 2.24) is 0 Å². The van der Waals surface area contributed by atoms with Crippen molar-refractivity contribution in [2.24, 2.45) is 5.73 Å². The van der Waals surface area contributed by atoms with Gasteiger partial charge in [0.15, 0.2) is 6.54 Å². The molecule has 3 aliphatic rings. The summed E-state index contributed by atoms with van der Waals surface area (Å²) in [4.78, 5) is 0. The number of nitrogens with two attached hydrogens (primary N) is 2. The third-order valence-corrected chi connectivity index (χ3v) is 3.86. The zero-order valence-electron chi connectivity index (χ0n) is 8.50. The maximum absolute atomic E-state index is 5.61. The minimum absolute atomic E-state index is 0.609. The number of hydrogen-bond donors (Lipinski definition) is 2. The summed E-state index contributed by atoms with van der Waals surface area (Å²) in [6.07, 6.45) is 0. The molecule has 0 aliphatic carbocycles. The fraction of sp³-hybridized carbons (Fsp3) is 0.889. The maximum atomic E-state index is 5.61. The molecule has 3 heterocycles. The van der Waals surface area contributed by atoms with Crippen LogP contribution in [0.25, 0.3) is 0 Å². The molecule has 4 nitrogen and oxygen atoms in total. The Kier molecular flexibility index (Phi) is 1.85. The quantitative estimate of drug-likeness (QED) is 0.276. The average Bonchev–Trinajstić information content (AvgIpc) is 2.07. The van der Waals surface area contributed by atoms with Gasteiger partial charge in [-0.25, -0.2) is 0 Å². The largest absolute Gasteiger partial charge is 0.312 e. The van der Waals surface area contributed by atoms with Gasteiger partial charge < -0.3 is 4.48 Å². The fourth-order valence-corrected chi connectivity index (χ4v) is 2.66. The molecule has 0 spiro atoms. The number of hydrogen-bond acceptors (Lipinski definition) is 0. The smallest absolute Gasteiger partial charge is 0.294 e. The van der Waals surface area contributed by atoms with E-state index in [1.54, 1.807) is 0 Å². The molecule has 74 valence electrons. The predicted octanol–water partition coefficient (Wildman–Crippen LogP) is -2.61. The molecule has 3 rings (SSSR count). The van der Waals surface area contributed by atoms with Crippen molar-refractivity contribution >= 4 is 5.84 Å². The van der Waals surface area contributed by atoms with E-state index in [-0.39, 0.29) is 0 Å². The molecule has 0 amide bonds. The Labute approximate surface area is 79.6 Å². The summed E-state index contributed by atoms with van der Waals surface area (Å²) in [7, 11) is 2.36. The first-order chi connectivity index (χ1) is 6.04. The van der Waals surface area contributed by atoms with E-state index in [1.165, 1.54) is 43.8 Å². The molecular formula is C9H21N4+3. The second-order valence-electron chi connectivity index (χ2n) is 5.04. The molecule has 0 radical (unpaired) electrons. The lowest BCUT2D eigenvalue weighted by molar-refractivity contribution is -1.07. The van der Waals surface area contributed by atoms with Crippen LogP contribution in [-0.2, 0) is 0 Å². The van der Waals surface area contributed by atoms with Crippen LogP contribution in [0.5, 0.6) is 0 Å². The summed E-state index contributed by atoms with van der Waals surface area (Å²) in [5, 5.41) is 5.61. The highest BCUT2D eigenvalue weighted by Crippen LogP contribution is 2.23. The zero-order valence-corrected chi connectivity index (χ0v) is 8.50. The number of rotatable bonds is 2. The molecule has 4 N–H and O–H groups in total. The second-order valence-corrected chi connectivity index (χ2v) is 5.04. The van der Waals surface area contributed by atoms with Gasteiger partial charge >= 0.3 is 0 Å². The summed E-state index contributed by atoms with van der Waals surface area (Å²) in [6, 6.07) is 0. The predicted molar refractivity (Wildman–Crippen MR) is 51.6 cm³/mol. The lowest BCUT2D eigenvalue weighted by Gasteiger charge is -2.53. The van der Waals surface area contributed by atoms with Gasteiger partial charge in [0.25, 0.3) is 5.84 Å². The van der Waals surface area contributed by atoms with Crippen LogP contribution in [0.3, 0.4) is 0 Å². The molecular weight excluding hydrogens is 164 g/mol. The lowest BCUT2D eigenvalue weighted by atomic mass is 10.1. The number of amidine groups is 1. The molecule has 3 fully saturated rings. The van der Waals surface area contributed by atoms with Gasteiger partial charge in [0.05, 0.1) is 7.05 Å². The van der Waals surface area contributed by atoms with E-state index in [0.29, 0.717) is 5.84 Å². The third-order valence-electron chi connectivity index (χ3n) is 3.86. The van der Waals surface area contributed by atoms with Crippen molar-refractivity contribution in [3.05, 3.63) is 0 Å². The van der Waals surface area contributed by atoms with Gasteiger partial charge in [-0.15, -0.1) is 0 Å². The van der Waals surface area contributed by atoms with Crippen LogP contribution >= 0.6 is 0 Å². The zero-order chi connectivity index (χ0) is 9.53. The van der Waals surface area contributed by atoms with E-state index in [1.807, 2.05) is 0 Å². The Morgan fingerprint density at radius 1 is 1.15 bits per heavy atom. The highest BCUT2D eigenvalue weighted by atomic mass is 15.5. The summed E-state index contributed by atoms with van der Waals surface area (Å²) in [5.41, 5.74) is 5.61. The van der Waals surface area contributed by atoms with Crippen LogP contribution in [0.2, 0.25) is 0 Å². The first-order valence-corrected chi connectivity index (χ1v) is 5.09. The van der Waals surface area contributed by atoms with E-state index in [2.05, 4.69) is 7.05 Å². The van der Waals surface area contributed by atoms with Crippen molar-refractivity contribution in [3.8, 4) is 0 Å². The molecule has 0 aromatic heterocycles. The Hall–Kier alpha value is -0.610. The fourth-order valence-electron chi connectivity index (χ4n) is 2.66. The SMILES string of the molecule is C[N+]12CC[N+](CC(N)=[NH2+])(CC1)CC2. The summed E-state index contributed by atoms with van der Waals surface area (Å²) in [5.74, 6) is 0.609. The van der Waals surface area contributed by atoms with Gasteiger partial charge in [0.2, 0.25) is 0 Å². The monoisotopic (exact) mass is 185 g/mol. The molecule has 3 saturated heterocycles.